The number of rotatable bonds is 1. The van der Waals surface area contributed by atoms with E-state index < -0.39 is 5.82 Å². The van der Waals surface area contributed by atoms with Crippen LogP contribution in [0.15, 0.2) is 22.7 Å². The number of aromatic nitrogens is 3. The van der Waals surface area contributed by atoms with Gasteiger partial charge in [-0.3, -0.25) is 0 Å². The molecular weight excluding hydrogens is 277 g/mol. The van der Waals surface area contributed by atoms with Crippen LogP contribution in [-0.2, 0) is 0 Å². The van der Waals surface area contributed by atoms with Crippen molar-refractivity contribution in [2.24, 2.45) is 0 Å². The maximum Gasteiger partial charge on any atom is 0.225 e. The largest absolute Gasteiger partial charge is 0.368 e. The highest BCUT2D eigenvalue weighted by molar-refractivity contribution is 9.10. The van der Waals surface area contributed by atoms with E-state index in [9.17, 15) is 4.39 Å². The fourth-order valence-corrected chi connectivity index (χ4v) is 1.69. The van der Waals surface area contributed by atoms with Gasteiger partial charge >= 0.3 is 0 Å². The maximum absolute atomic E-state index is 13.2. The molecule has 0 aliphatic carbocycles. The number of nitrogens with two attached hydrogens (primary N) is 2. The standard InChI is InChI=1S/C9H7BrFN5/c10-5-1-4(2-6(11)3-5)7-14-8(12)16-9(13)15-7/h1-3H,(H4,12,13,14,15,16). The van der Waals surface area contributed by atoms with Crippen LogP contribution in [-0.4, -0.2) is 15.0 Å². The molecule has 16 heavy (non-hydrogen) atoms. The number of hydrogen-bond donors (Lipinski definition) is 2. The van der Waals surface area contributed by atoms with E-state index in [4.69, 9.17) is 11.5 Å². The second-order valence-corrected chi connectivity index (χ2v) is 3.95. The van der Waals surface area contributed by atoms with E-state index in [0.29, 0.717) is 10.0 Å². The van der Waals surface area contributed by atoms with Crippen LogP contribution in [0.2, 0.25) is 0 Å². The van der Waals surface area contributed by atoms with Crippen molar-refractivity contribution >= 4 is 27.8 Å². The van der Waals surface area contributed by atoms with Crippen molar-refractivity contribution in [3.63, 3.8) is 0 Å². The van der Waals surface area contributed by atoms with Gasteiger partial charge in [0.05, 0.1) is 0 Å². The molecule has 0 fully saturated rings. The van der Waals surface area contributed by atoms with Crippen molar-refractivity contribution in [1.82, 2.24) is 15.0 Å². The molecule has 1 heterocycles. The molecule has 0 saturated heterocycles. The lowest BCUT2D eigenvalue weighted by Gasteiger charge is -2.03. The van der Waals surface area contributed by atoms with Gasteiger partial charge in [-0.2, -0.15) is 15.0 Å². The van der Waals surface area contributed by atoms with Crippen molar-refractivity contribution < 1.29 is 4.39 Å². The number of nitrogens with zero attached hydrogens (tertiary/aromatic N) is 3. The summed E-state index contributed by atoms with van der Waals surface area (Å²) in [4.78, 5) is 11.4. The van der Waals surface area contributed by atoms with Gasteiger partial charge in [0, 0.05) is 10.0 Å². The normalized spacial score (nSPS) is 10.4. The minimum Gasteiger partial charge on any atom is -0.368 e. The zero-order valence-corrected chi connectivity index (χ0v) is 9.57. The summed E-state index contributed by atoms with van der Waals surface area (Å²) in [7, 11) is 0. The molecular formula is C9H7BrFN5. The number of benzene rings is 1. The first kappa shape index (κ1) is 10.7. The zero-order chi connectivity index (χ0) is 11.7. The van der Waals surface area contributed by atoms with Gasteiger partial charge in [0.1, 0.15) is 5.82 Å². The van der Waals surface area contributed by atoms with Crippen LogP contribution < -0.4 is 11.5 Å². The van der Waals surface area contributed by atoms with Gasteiger partial charge < -0.3 is 11.5 Å². The average Bonchev–Trinajstić information content (AvgIpc) is 2.14. The molecule has 82 valence electrons. The van der Waals surface area contributed by atoms with Crippen molar-refractivity contribution in [2.75, 3.05) is 11.5 Å². The van der Waals surface area contributed by atoms with Gasteiger partial charge in [0.2, 0.25) is 11.9 Å². The number of nitrogen functional groups attached to an aromatic ring is 2. The van der Waals surface area contributed by atoms with Crippen molar-refractivity contribution in [3.8, 4) is 11.4 Å². The van der Waals surface area contributed by atoms with E-state index in [1.54, 1.807) is 6.07 Å². The number of anilines is 2. The molecule has 2 aromatic rings. The van der Waals surface area contributed by atoms with Gasteiger partial charge in [0.15, 0.2) is 5.82 Å². The second kappa shape index (κ2) is 4.01. The van der Waals surface area contributed by atoms with Gasteiger partial charge in [-0.15, -0.1) is 0 Å². The first-order valence-electron chi connectivity index (χ1n) is 4.28. The highest BCUT2D eigenvalue weighted by Gasteiger charge is 2.07. The van der Waals surface area contributed by atoms with Crippen molar-refractivity contribution in [3.05, 3.63) is 28.5 Å². The summed E-state index contributed by atoms with van der Waals surface area (Å²) in [6.45, 7) is 0. The van der Waals surface area contributed by atoms with E-state index >= 15 is 0 Å². The zero-order valence-electron chi connectivity index (χ0n) is 7.98. The van der Waals surface area contributed by atoms with Crippen LogP contribution in [0, 0.1) is 5.82 Å². The van der Waals surface area contributed by atoms with Crippen molar-refractivity contribution in [1.29, 1.82) is 0 Å². The second-order valence-electron chi connectivity index (χ2n) is 3.03. The smallest absolute Gasteiger partial charge is 0.225 e. The third-order valence-electron chi connectivity index (χ3n) is 1.79. The molecule has 1 aromatic carbocycles. The van der Waals surface area contributed by atoms with Crippen LogP contribution in [0.1, 0.15) is 0 Å². The van der Waals surface area contributed by atoms with Crippen molar-refractivity contribution in [2.45, 2.75) is 0 Å². The third-order valence-corrected chi connectivity index (χ3v) is 2.25. The predicted molar refractivity (Wildman–Crippen MR) is 61.7 cm³/mol. The molecule has 7 heteroatoms. The minimum absolute atomic E-state index is 0.00267. The van der Waals surface area contributed by atoms with Gasteiger partial charge in [-0.25, -0.2) is 4.39 Å². The lowest BCUT2D eigenvalue weighted by Crippen LogP contribution is -2.04. The Morgan fingerprint density at radius 1 is 1.00 bits per heavy atom. The molecule has 0 radical (unpaired) electrons. The van der Waals surface area contributed by atoms with Gasteiger partial charge in [0.25, 0.3) is 0 Å². The molecule has 0 unspecified atom stereocenters. The SMILES string of the molecule is Nc1nc(N)nc(-c2cc(F)cc(Br)c2)n1. The molecule has 4 N–H and O–H groups in total. The molecule has 1 aromatic heterocycles. The summed E-state index contributed by atoms with van der Waals surface area (Å²) >= 11 is 3.17. The highest BCUT2D eigenvalue weighted by Crippen LogP contribution is 2.22. The van der Waals surface area contributed by atoms with Crippen LogP contribution in [0.25, 0.3) is 11.4 Å². The summed E-state index contributed by atoms with van der Waals surface area (Å²) in [5.74, 6) is -0.155. The number of hydrogen-bond acceptors (Lipinski definition) is 5. The Morgan fingerprint density at radius 3 is 2.19 bits per heavy atom. The summed E-state index contributed by atoms with van der Waals surface area (Å²) in [6, 6.07) is 4.29. The monoisotopic (exact) mass is 283 g/mol. The Morgan fingerprint density at radius 2 is 1.62 bits per heavy atom. The van der Waals surface area contributed by atoms with Crippen LogP contribution in [0.5, 0.6) is 0 Å². The maximum atomic E-state index is 13.2. The highest BCUT2D eigenvalue weighted by atomic mass is 79.9. The lowest BCUT2D eigenvalue weighted by molar-refractivity contribution is 0.627. The van der Waals surface area contributed by atoms with E-state index in [0.717, 1.165) is 0 Å². The molecule has 0 spiro atoms. The van der Waals surface area contributed by atoms with Gasteiger partial charge in [-0.1, -0.05) is 15.9 Å². The Bertz CT molecular complexity index is 455. The van der Waals surface area contributed by atoms with E-state index in [-0.39, 0.29) is 17.7 Å². The first-order valence-corrected chi connectivity index (χ1v) is 5.07. The number of halogens is 2. The average molecular weight is 284 g/mol. The van der Waals surface area contributed by atoms with Crippen LogP contribution in [0.3, 0.4) is 0 Å². The molecule has 2 rings (SSSR count). The van der Waals surface area contributed by atoms with E-state index in [1.165, 1.54) is 12.1 Å². The molecule has 5 nitrogen and oxygen atoms in total. The molecule has 0 aliphatic heterocycles. The van der Waals surface area contributed by atoms with E-state index in [2.05, 4.69) is 30.9 Å². The summed E-state index contributed by atoms with van der Waals surface area (Å²) < 4.78 is 13.7. The summed E-state index contributed by atoms with van der Waals surface area (Å²) in [6.07, 6.45) is 0. The fraction of sp³-hybridized carbons (Fsp3) is 0. The summed E-state index contributed by atoms with van der Waals surface area (Å²) in [5, 5.41) is 0. The van der Waals surface area contributed by atoms with Crippen LogP contribution >= 0.6 is 15.9 Å². The molecule has 0 bridgehead atoms. The Kier molecular flexibility index (Phi) is 2.69. The van der Waals surface area contributed by atoms with E-state index in [1.807, 2.05) is 0 Å². The fourth-order valence-electron chi connectivity index (χ4n) is 1.22. The molecule has 0 aliphatic rings. The molecule has 0 saturated carbocycles. The molecule has 0 atom stereocenters. The Labute approximate surface area is 98.9 Å². The van der Waals surface area contributed by atoms with Crippen LogP contribution in [0.4, 0.5) is 16.3 Å². The third kappa shape index (κ3) is 2.25. The lowest BCUT2D eigenvalue weighted by atomic mass is 10.2. The first-order chi connectivity index (χ1) is 7.54. The summed E-state index contributed by atoms with van der Waals surface area (Å²) in [5.41, 5.74) is 11.3. The van der Waals surface area contributed by atoms with Gasteiger partial charge in [-0.05, 0) is 18.2 Å². The predicted octanol–water partition coefficient (Wildman–Crippen LogP) is 1.60. The Hall–Kier alpha value is -1.76. The Balaban J connectivity index is 2.57. The quantitative estimate of drug-likeness (QED) is 0.830. The topological polar surface area (TPSA) is 90.7 Å². The minimum atomic E-state index is -0.401. The molecule has 0 amide bonds.